The molecule has 0 saturated carbocycles. The number of Topliss-reactive ketones (excluding diaryl/α,β-unsaturated/α-hetero) is 1. The Balaban J connectivity index is 2.03. The molecule has 0 fully saturated rings. The second kappa shape index (κ2) is 5.79. The molecule has 0 aliphatic carbocycles. The minimum Gasteiger partial charge on any atom is -0.294 e. The highest BCUT2D eigenvalue weighted by atomic mass is 19.1. The first-order chi connectivity index (χ1) is 9.06. The number of halogens is 1. The average Bonchev–Trinajstić information content (AvgIpc) is 2.39. The molecule has 98 valence electrons. The summed E-state index contributed by atoms with van der Waals surface area (Å²) in [5, 5.41) is 0. The molecule has 1 nitrogen and oxygen atoms in total. The quantitative estimate of drug-likeness (QED) is 0.747. The number of carbonyl (C=O) groups excluding carboxylic acids is 1. The van der Waals surface area contributed by atoms with Gasteiger partial charge in [-0.05, 0) is 55.2 Å². The van der Waals surface area contributed by atoms with Crippen molar-refractivity contribution in [2.45, 2.75) is 26.7 Å². The van der Waals surface area contributed by atoms with Crippen molar-refractivity contribution in [2.75, 3.05) is 0 Å². The highest BCUT2D eigenvalue weighted by Gasteiger charge is 2.07. The molecule has 19 heavy (non-hydrogen) atoms. The summed E-state index contributed by atoms with van der Waals surface area (Å²) in [5.41, 5.74) is 3.90. The van der Waals surface area contributed by atoms with Gasteiger partial charge >= 0.3 is 0 Å². The van der Waals surface area contributed by atoms with Crippen LogP contribution in [0.1, 0.15) is 33.5 Å². The maximum absolute atomic E-state index is 13.0. The van der Waals surface area contributed by atoms with Crippen LogP contribution in [-0.2, 0) is 6.42 Å². The fourth-order valence-electron chi connectivity index (χ4n) is 2.01. The van der Waals surface area contributed by atoms with Crippen molar-refractivity contribution < 1.29 is 9.18 Å². The summed E-state index contributed by atoms with van der Waals surface area (Å²) < 4.78 is 13.0. The second-order valence-electron chi connectivity index (χ2n) is 4.85. The normalized spacial score (nSPS) is 10.5. The van der Waals surface area contributed by atoms with Gasteiger partial charge in [0.05, 0.1) is 0 Å². The molecule has 0 aliphatic heterocycles. The lowest BCUT2D eigenvalue weighted by Crippen LogP contribution is -2.02. The van der Waals surface area contributed by atoms with Crippen LogP contribution in [0.2, 0.25) is 0 Å². The molecule has 2 heteroatoms. The largest absolute Gasteiger partial charge is 0.294 e. The zero-order valence-electron chi connectivity index (χ0n) is 11.2. The van der Waals surface area contributed by atoms with E-state index in [0.29, 0.717) is 12.8 Å². The van der Waals surface area contributed by atoms with E-state index in [9.17, 15) is 9.18 Å². The minimum absolute atomic E-state index is 0.104. The van der Waals surface area contributed by atoms with E-state index in [-0.39, 0.29) is 11.6 Å². The lowest BCUT2D eigenvalue weighted by atomic mass is 9.99. The standard InChI is InChI=1S/C17H17FO/c1-12-6-8-15(10-13(12)2)17(19)9-7-14-4-3-5-16(18)11-14/h3-6,8,10-11H,7,9H2,1-2H3. The van der Waals surface area contributed by atoms with E-state index >= 15 is 0 Å². The molecular formula is C17H17FO. The number of ketones is 1. The first-order valence-electron chi connectivity index (χ1n) is 6.41. The molecular weight excluding hydrogens is 239 g/mol. The number of aryl methyl sites for hydroxylation is 3. The summed E-state index contributed by atoms with van der Waals surface area (Å²) in [6.45, 7) is 4.02. The summed E-state index contributed by atoms with van der Waals surface area (Å²) in [5.74, 6) is -0.150. The molecule has 0 saturated heterocycles. The third kappa shape index (κ3) is 3.50. The summed E-state index contributed by atoms with van der Waals surface area (Å²) in [6, 6.07) is 12.1. The average molecular weight is 256 g/mol. The summed E-state index contributed by atoms with van der Waals surface area (Å²) >= 11 is 0. The van der Waals surface area contributed by atoms with Gasteiger partial charge in [0, 0.05) is 12.0 Å². The molecule has 0 aliphatic rings. The molecule has 2 aromatic carbocycles. The molecule has 0 bridgehead atoms. The van der Waals surface area contributed by atoms with Crippen LogP contribution >= 0.6 is 0 Å². The lowest BCUT2D eigenvalue weighted by Gasteiger charge is -2.05. The van der Waals surface area contributed by atoms with E-state index in [1.54, 1.807) is 6.07 Å². The van der Waals surface area contributed by atoms with Crippen molar-refractivity contribution in [1.29, 1.82) is 0 Å². The van der Waals surface area contributed by atoms with Gasteiger partial charge in [0.25, 0.3) is 0 Å². The number of hydrogen-bond acceptors (Lipinski definition) is 1. The topological polar surface area (TPSA) is 17.1 Å². The molecule has 0 amide bonds. The maximum Gasteiger partial charge on any atom is 0.163 e. The molecule has 2 aromatic rings. The number of hydrogen-bond donors (Lipinski definition) is 0. The highest BCUT2D eigenvalue weighted by molar-refractivity contribution is 5.96. The van der Waals surface area contributed by atoms with Crippen LogP contribution in [0.4, 0.5) is 4.39 Å². The molecule has 0 N–H and O–H groups in total. The van der Waals surface area contributed by atoms with Crippen molar-refractivity contribution in [2.24, 2.45) is 0 Å². The van der Waals surface area contributed by atoms with E-state index in [1.807, 2.05) is 38.1 Å². The van der Waals surface area contributed by atoms with Crippen molar-refractivity contribution in [3.8, 4) is 0 Å². The van der Waals surface area contributed by atoms with Gasteiger partial charge in [0.15, 0.2) is 5.78 Å². The summed E-state index contributed by atoms with van der Waals surface area (Å²) in [4.78, 5) is 12.1. The van der Waals surface area contributed by atoms with E-state index in [1.165, 1.54) is 17.7 Å². The second-order valence-corrected chi connectivity index (χ2v) is 4.85. The summed E-state index contributed by atoms with van der Waals surface area (Å²) in [7, 11) is 0. The highest BCUT2D eigenvalue weighted by Crippen LogP contribution is 2.13. The van der Waals surface area contributed by atoms with Gasteiger partial charge in [-0.1, -0.05) is 24.3 Å². The third-order valence-corrected chi connectivity index (χ3v) is 3.36. The summed E-state index contributed by atoms with van der Waals surface area (Å²) in [6.07, 6.45) is 0.982. The zero-order chi connectivity index (χ0) is 13.8. The Bertz CT molecular complexity index is 602. The van der Waals surface area contributed by atoms with Gasteiger partial charge in [-0.3, -0.25) is 4.79 Å². The van der Waals surface area contributed by atoms with E-state index in [0.717, 1.165) is 16.7 Å². The maximum atomic E-state index is 13.0. The van der Waals surface area contributed by atoms with Crippen LogP contribution in [0.25, 0.3) is 0 Å². The monoisotopic (exact) mass is 256 g/mol. The van der Waals surface area contributed by atoms with Gasteiger partial charge in [-0.25, -0.2) is 4.39 Å². The molecule has 0 radical (unpaired) electrons. The Hall–Kier alpha value is -1.96. The van der Waals surface area contributed by atoms with Crippen LogP contribution in [0, 0.1) is 19.7 Å². The van der Waals surface area contributed by atoms with Crippen molar-refractivity contribution in [1.82, 2.24) is 0 Å². The molecule has 0 heterocycles. The van der Waals surface area contributed by atoms with Crippen LogP contribution in [0.3, 0.4) is 0 Å². The Morgan fingerprint density at radius 3 is 2.53 bits per heavy atom. The molecule has 0 atom stereocenters. The Labute approximate surface area is 113 Å². The molecule has 0 spiro atoms. The number of rotatable bonds is 4. The molecule has 0 aromatic heterocycles. The SMILES string of the molecule is Cc1ccc(C(=O)CCc2cccc(F)c2)cc1C. The molecule has 2 rings (SSSR count). The number of carbonyl (C=O) groups is 1. The van der Waals surface area contributed by atoms with Crippen LogP contribution in [0.15, 0.2) is 42.5 Å². The van der Waals surface area contributed by atoms with Crippen molar-refractivity contribution in [3.63, 3.8) is 0 Å². The van der Waals surface area contributed by atoms with Crippen molar-refractivity contribution in [3.05, 3.63) is 70.5 Å². The zero-order valence-corrected chi connectivity index (χ0v) is 11.2. The fraction of sp³-hybridized carbons (Fsp3) is 0.235. The Morgan fingerprint density at radius 2 is 1.84 bits per heavy atom. The minimum atomic E-state index is -0.254. The first-order valence-corrected chi connectivity index (χ1v) is 6.41. The van der Waals surface area contributed by atoms with E-state index in [4.69, 9.17) is 0 Å². The molecule has 0 unspecified atom stereocenters. The smallest absolute Gasteiger partial charge is 0.163 e. The van der Waals surface area contributed by atoms with Crippen LogP contribution < -0.4 is 0 Å². The van der Waals surface area contributed by atoms with E-state index in [2.05, 4.69) is 0 Å². The van der Waals surface area contributed by atoms with Crippen molar-refractivity contribution >= 4 is 5.78 Å². The predicted octanol–water partition coefficient (Wildman–Crippen LogP) is 4.26. The van der Waals surface area contributed by atoms with Gasteiger partial charge < -0.3 is 0 Å². The number of benzene rings is 2. The van der Waals surface area contributed by atoms with E-state index < -0.39 is 0 Å². The third-order valence-electron chi connectivity index (χ3n) is 3.36. The fourth-order valence-corrected chi connectivity index (χ4v) is 2.01. The Kier molecular flexibility index (Phi) is 4.10. The van der Waals surface area contributed by atoms with Gasteiger partial charge in [-0.15, -0.1) is 0 Å². The van der Waals surface area contributed by atoms with Crippen LogP contribution in [0.5, 0.6) is 0 Å². The lowest BCUT2D eigenvalue weighted by molar-refractivity contribution is 0.0982. The van der Waals surface area contributed by atoms with Gasteiger partial charge in [0.2, 0.25) is 0 Å². The Morgan fingerprint density at radius 1 is 1.05 bits per heavy atom. The van der Waals surface area contributed by atoms with Crippen LogP contribution in [-0.4, -0.2) is 5.78 Å². The first kappa shape index (κ1) is 13.5. The van der Waals surface area contributed by atoms with Gasteiger partial charge in [0.1, 0.15) is 5.82 Å². The predicted molar refractivity (Wildman–Crippen MR) is 75.0 cm³/mol. The van der Waals surface area contributed by atoms with Gasteiger partial charge in [-0.2, -0.15) is 0 Å².